The van der Waals surface area contributed by atoms with Gasteiger partial charge in [-0.1, -0.05) is 23.8 Å². The minimum absolute atomic E-state index is 0.0324. The van der Waals surface area contributed by atoms with Crippen LogP contribution in [0.3, 0.4) is 0 Å². The average Bonchev–Trinajstić information content (AvgIpc) is 3.25. The molecule has 0 unspecified atom stereocenters. The number of hydrogen-bond acceptors (Lipinski definition) is 7. The molecule has 208 valence electrons. The Labute approximate surface area is 237 Å². The van der Waals surface area contributed by atoms with Gasteiger partial charge < -0.3 is 25.0 Å². The fourth-order valence-corrected chi connectivity index (χ4v) is 6.89. The molecular weight excluding hydrogens is 520 g/mol. The van der Waals surface area contributed by atoms with Gasteiger partial charge in [-0.15, -0.1) is 0 Å². The first-order valence-electron chi connectivity index (χ1n) is 13.9. The number of ketones is 2. The van der Waals surface area contributed by atoms with Crippen LogP contribution in [0, 0.1) is 0 Å². The summed E-state index contributed by atoms with van der Waals surface area (Å²) in [5, 5.41) is 33.0. The molecule has 2 aromatic carbocycles. The number of benzene rings is 2. The van der Waals surface area contributed by atoms with E-state index in [-0.39, 0.29) is 35.5 Å². The Balaban J connectivity index is 1.33. The Morgan fingerprint density at radius 2 is 1.56 bits per heavy atom. The highest BCUT2D eigenvalue weighted by Crippen LogP contribution is 2.56. The minimum atomic E-state index is -0.504. The first-order chi connectivity index (χ1) is 19.8. The monoisotopic (exact) mass is 550 g/mol. The van der Waals surface area contributed by atoms with Crippen LogP contribution in [0.15, 0.2) is 83.0 Å². The zero-order chi connectivity index (χ0) is 28.4. The van der Waals surface area contributed by atoms with Gasteiger partial charge in [-0.3, -0.25) is 14.2 Å². The van der Waals surface area contributed by atoms with Crippen molar-refractivity contribution in [3.8, 4) is 23.2 Å². The summed E-state index contributed by atoms with van der Waals surface area (Å²) in [4.78, 5) is 29.0. The van der Waals surface area contributed by atoms with Gasteiger partial charge in [0, 0.05) is 58.5 Å². The zero-order valence-electron chi connectivity index (χ0n) is 22.6. The molecule has 0 saturated carbocycles. The highest BCUT2D eigenvalue weighted by atomic mass is 16.5. The number of carbonyl (C=O) groups excluding carboxylic acids is 2. The van der Waals surface area contributed by atoms with Crippen molar-refractivity contribution in [3.63, 3.8) is 0 Å². The third-order valence-electron chi connectivity index (χ3n) is 8.86. The Bertz CT molecular complexity index is 1680. The number of allylic oxidation sites excluding steroid dienone is 6. The fourth-order valence-electron chi connectivity index (χ4n) is 6.89. The topological polar surface area (TPSA) is 112 Å². The first-order valence-corrected chi connectivity index (χ1v) is 13.9. The van der Waals surface area contributed by atoms with E-state index in [2.05, 4.69) is 4.90 Å². The maximum Gasteiger partial charge on any atom is 0.202 e. The van der Waals surface area contributed by atoms with E-state index in [0.717, 1.165) is 29.9 Å². The van der Waals surface area contributed by atoms with Gasteiger partial charge in [0.25, 0.3) is 0 Å². The van der Waals surface area contributed by atoms with Gasteiger partial charge in [0.2, 0.25) is 11.8 Å². The lowest BCUT2D eigenvalue weighted by atomic mass is 9.63. The van der Waals surface area contributed by atoms with Gasteiger partial charge in [-0.2, -0.15) is 0 Å². The molecule has 1 aromatic heterocycles. The Morgan fingerprint density at radius 3 is 2.27 bits per heavy atom. The molecule has 1 aliphatic heterocycles. The first kappa shape index (κ1) is 25.4. The van der Waals surface area contributed by atoms with Gasteiger partial charge in [0.15, 0.2) is 11.6 Å². The normalized spacial score (nSPS) is 22.1. The summed E-state index contributed by atoms with van der Waals surface area (Å²) in [6, 6.07) is 14.4. The summed E-state index contributed by atoms with van der Waals surface area (Å²) in [6.45, 7) is 4.62. The van der Waals surface area contributed by atoms with Crippen LogP contribution in [0.25, 0.3) is 5.69 Å². The summed E-state index contributed by atoms with van der Waals surface area (Å²) in [7, 11) is 0. The highest BCUT2D eigenvalue weighted by Gasteiger charge is 2.45. The van der Waals surface area contributed by atoms with Crippen molar-refractivity contribution in [1.82, 2.24) is 4.57 Å². The quantitative estimate of drug-likeness (QED) is 0.323. The third-order valence-corrected chi connectivity index (χ3v) is 8.86. The number of anilines is 1. The van der Waals surface area contributed by atoms with E-state index >= 15 is 0 Å². The molecule has 8 heteroatoms. The second-order valence-corrected chi connectivity index (χ2v) is 11.1. The number of nitrogens with zero attached hydrogens (tertiary/aromatic N) is 2. The molecule has 7 rings (SSSR count). The largest absolute Gasteiger partial charge is 0.508 e. The van der Waals surface area contributed by atoms with Crippen LogP contribution in [0.5, 0.6) is 17.5 Å². The van der Waals surface area contributed by atoms with E-state index < -0.39 is 11.8 Å². The highest BCUT2D eigenvalue weighted by molar-refractivity contribution is 6.23. The summed E-state index contributed by atoms with van der Waals surface area (Å²) in [5.74, 6) is -1.26. The number of Topliss-reactive ketones (excluding diaryl/α,β-unsaturated/α-hetero) is 1. The lowest BCUT2D eigenvalue weighted by molar-refractivity contribution is -0.116. The molecule has 2 heterocycles. The molecule has 0 amide bonds. The molecule has 3 aromatic rings. The van der Waals surface area contributed by atoms with Crippen molar-refractivity contribution >= 4 is 17.3 Å². The van der Waals surface area contributed by atoms with Crippen molar-refractivity contribution in [2.45, 2.75) is 31.6 Å². The number of phenols is 1. The Hall–Kier alpha value is -4.56. The van der Waals surface area contributed by atoms with Crippen LogP contribution in [-0.4, -0.2) is 57.8 Å². The lowest BCUT2D eigenvalue weighted by Crippen LogP contribution is -2.36. The molecule has 0 bridgehead atoms. The maximum atomic E-state index is 13.4. The molecule has 3 aliphatic carbocycles. The number of morpholine rings is 1. The van der Waals surface area contributed by atoms with Gasteiger partial charge in [-0.25, -0.2) is 0 Å². The third kappa shape index (κ3) is 3.93. The predicted octanol–water partition coefficient (Wildman–Crippen LogP) is 4.58. The van der Waals surface area contributed by atoms with E-state index in [4.69, 9.17) is 4.74 Å². The number of carbonyl (C=O) groups is 2. The van der Waals surface area contributed by atoms with Crippen molar-refractivity contribution < 1.29 is 29.6 Å². The number of aromatic hydroxyl groups is 3. The molecule has 0 radical (unpaired) electrons. The van der Waals surface area contributed by atoms with E-state index in [1.807, 2.05) is 30.3 Å². The number of aromatic nitrogens is 1. The van der Waals surface area contributed by atoms with Crippen molar-refractivity contribution in [2.24, 2.45) is 0 Å². The number of ether oxygens (including phenoxy) is 1. The molecule has 0 spiro atoms. The van der Waals surface area contributed by atoms with Crippen LogP contribution in [-0.2, 0) is 20.7 Å². The zero-order valence-corrected chi connectivity index (χ0v) is 22.6. The molecular formula is C33H30N2O6. The molecule has 3 N–H and O–H groups in total. The van der Waals surface area contributed by atoms with Gasteiger partial charge in [0.05, 0.1) is 18.9 Å². The van der Waals surface area contributed by atoms with E-state index in [1.54, 1.807) is 31.2 Å². The molecule has 4 aliphatic rings. The molecule has 2 atom stereocenters. The molecule has 41 heavy (non-hydrogen) atoms. The van der Waals surface area contributed by atoms with Crippen LogP contribution < -0.4 is 4.90 Å². The standard InChI is InChI=1S/C33H30N2O6/c1-18-16-27(37)30-26(31(18)38)17-25-23(28(30)19-2-8-22(36)9-3-19)10-11-24-29(25)33(40)35(32(24)39)21-6-4-20(5-7-21)34-12-14-41-15-13-34/h2-10,16,25,28,36,39-40H,11-15,17H2,1H3/t25-,28+/m1/s1. The number of phenolic OH excluding ortho intramolecular Hbond substituents is 1. The predicted molar refractivity (Wildman–Crippen MR) is 153 cm³/mol. The van der Waals surface area contributed by atoms with Crippen molar-refractivity contribution in [1.29, 1.82) is 0 Å². The van der Waals surface area contributed by atoms with E-state index in [0.29, 0.717) is 53.2 Å². The van der Waals surface area contributed by atoms with Gasteiger partial charge >= 0.3 is 0 Å². The van der Waals surface area contributed by atoms with Crippen molar-refractivity contribution in [2.75, 3.05) is 31.2 Å². The summed E-state index contributed by atoms with van der Waals surface area (Å²) < 4.78 is 6.92. The smallest absolute Gasteiger partial charge is 0.202 e. The van der Waals surface area contributed by atoms with Crippen molar-refractivity contribution in [3.05, 3.63) is 99.7 Å². The van der Waals surface area contributed by atoms with Gasteiger partial charge in [-0.05, 0) is 67.8 Å². The van der Waals surface area contributed by atoms with Crippen LogP contribution >= 0.6 is 0 Å². The minimum Gasteiger partial charge on any atom is -0.508 e. The summed E-state index contributed by atoms with van der Waals surface area (Å²) in [6.07, 6.45) is 4.05. The van der Waals surface area contributed by atoms with Crippen LogP contribution in [0.1, 0.15) is 41.9 Å². The van der Waals surface area contributed by atoms with Gasteiger partial charge in [0.1, 0.15) is 5.75 Å². The lowest BCUT2D eigenvalue weighted by Gasteiger charge is -2.39. The molecule has 1 saturated heterocycles. The fraction of sp³-hybridized carbons (Fsp3) is 0.273. The number of hydrogen-bond donors (Lipinski definition) is 3. The van der Waals surface area contributed by atoms with Crippen LogP contribution in [0.2, 0.25) is 0 Å². The maximum absolute atomic E-state index is 13.4. The Kier molecular flexibility index (Phi) is 5.90. The number of fused-ring (bicyclic) bond motifs is 3. The van der Waals surface area contributed by atoms with E-state index in [1.165, 1.54) is 10.6 Å². The summed E-state index contributed by atoms with van der Waals surface area (Å²) >= 11 is 0. The molecule has 8 nitrogen and oxygen atoms in total. The average molecular weight is 551 g/mol. The number of rotatable bonds is 3. The second kappa shape index (κ2) is 9.52. The Morgan fingerprint density at radius 1 is 0.878 bits per heavy atom. The summed E-state index contributed by atoms with van der Waals surface area (Å²) in [5.41, 5.74) is 5.86. The molecule has 1 fully saturated rings. The van der Waals surface area contributed by atoms with E-state index in [9.17, 15) is 24.9 Å². The van der Waals surface area contributed by atoms with Crippen LogP contribution in [0.4, 0.5) is 5.69 Å². The second-order valence-electron chi connectivity index (χ2n) is 11.1. The SMILES string of the molecule is CC1=CC(=O)C2=C(C[C@@H]3C(=CCc4c3c(O)n(-c3ccc(N5CCOCC5)cc3)c4O)[C@@H]2c2ccc(O)cc2)C1=O.